The molecule has 1 aromatic rings. The molecule has 0 spiro atoms. The molecular formula is C17H26BrF2N. The van der Waals surface area contributed by atoms with E-state index in [9.17, 15) is 8.78 Å². The molecule has 1 aromatic carbocycles. The molecule has 0 heterocycles. The van der Waals surface area contributed by atoms with E-state index in [0.29, 0.717) is 16.9 Å². The molecular weight excluding hydrogens is 336 g/mol. The van der Waals surface area contributed by atoms with Gasteiger partial charge in [-0.25, -0.2) is 8.78 Å². The molecule has 0 radical (unpaired) electrons. The molecule has 1 unspecified atom stereocenters. The van der Waals surface area contributed by atoms with Crippen LogP contribution in [0.5, 0.6) is 0 Å². The third kappa shape index (κ3) is 5.67. The van der Waals surface area contributed by atoms with E-state index in [0.717, 1.165) is 25.8 Å². The van der Waals surface area contributed by atoms with E-state index in [1.54, 1.807) is 0 Å². The fourth-order valence-electron chi connectivity index (χ4n) is 2.44. The quantitative estimate of drug-likeness (QED) is 0.635. The summed E-state index contributed by atoms with van der Waals surface area (Å²) in [6.45, 7) is 9.70. The van der Waals surface area contributed by atoms with Gasteiger partial charge in [0.05, 0.1) is 4.47 Å². The lowest BCUT2D eigenvalue weighted by molar-refractivity contribution is 0.251. The molecule has 0 aliphatic carbocycles. The predicted molar refractivity (Wildman–Crippen MR) is 88.5 cm³/mol. The first-order chi connectivity index (χ1) is 9.77. The maximum atomic E-state index is 13.9. The molecule has 4 heteroatoms. The van der Waals surface area contributed by atoms with Gasteiger partial charge < -0.3 is 5.32 Å². The minimum absolute atomic E-state index is 0.142. The molecule has 0 saturated heterocycles. The molecule has 21 heavy (non-hydrogen) atoms. The summed E-state index contributed by atoms with van der Waals surface area (Å²) in [7, 11) is 0. The van der Waals surface area contributed by atoms with Crippen molar-refractivity contribution in [1.82, 2.24) is 5.32 Å². The second-order valence-corrected chi connectivity index (χ2v) is 7.44. The van der Waals surface area contributed by atoms with Crippen LogP contribution in [0, 0.1) is 17.0 Å². The van der Waals surface area contributed by atoms with Crippen molar-refractivity contribution in [3.63, 3.8) is 0 Å². The topological polar surface area (TPSA) is 12.0 Å². The van der Waals surface area contributed by atoms with Crippen LogP contribution in [0.2, 0.25) is 0 Å². The third-order valence-electron chi connectivity index (χ3n) is 3.74. The number of nitrogens with one attached hydrogen (secondary N) is 1. The second kappa shape index (κ2) is 8.23. The highest BCUT2D eigenvalue weighted by molar-refractivity contribution is 9.10. The fourth-order valence-corrected chi connectivity index (χ4v) is 2.81. The van der Waals surface area contributed by atoms with Crippen LogP contribution in [-0.4, -0.2) is 12.6 Å². The molecule has 1 N–H and O–H groups in total. The molecule has 0 aliphatic rings. The largest absolute Gasteiger partial charge is 0.313 e. The fraction of sp³-hybridized carbons (Fsp3) is 0.647. The van der Waals surface area contributed by atoms with Gasteiger partial charge in [-0.2, -0.15) is 0 Å². The lowest BCUT2D eigenvalue weighted by Gasteiger charge is -2.32. The minimum Gasteiger partial charge on any atom is -0.313 e. The van der Waals surface area contributed by atoms with Crippen LogP contribution >= 0.6 is 15.9 Å². The molecule has 0 saturated carbocycles. The number of benzene rings is 1. The molecule has 1 rings (SSSR count). The van der Waals surface area contributed by atoms with E-state index in [4.69, 9.17) is 0 Å². The van der Waals surface area contributed by atoms with Gasteiger partial charge in [0.15, 0.2) is 0 Å². The minimum atomic E-state index is -0.469. The lowest BCUT2D eigenvalue weighted by atomic mass is 9.83. The van der Waals surface area contributed by atoms with Crippen LogP contribution in [0.1, 0.15) is 52.5 Å². The van der Waals surface area contributed by atoms with E-state index < -0.39 is 11.6 Å². The molecule has 0 aromatic heterocycles. The van der Waals surface area contributed by atoms with Crippen molar-refractivity contribution in [1.29, 1.82) is 0 Å². The summed E-state index contributed by atoms with van der Waals surface area (Å²) in [5.74, 6) is -0.923. The first-order valence-electron chi connectivity index (χ1n) is 7.63. The van der Waals surface area contributed by atoms with Crippen molar-refractivity contribution in [2.75, 3.05) is 6.54 Å². The number of hydrogen-bond donors (Lipinski definition) is 1. The average Bonchev–Trinajstić information content (AvgIpc) is 2.40. The Labute approximate surface area is 135 Å². The highest BCUT2D eigenvalue weighted by Crippen LogP contribution is 2.26. The zero-order valence-corrected chi connectivity index (χ0v) is 15.0. The highest BCUT2D eigenvalue weighted by atomic mass is 79.9. The lowest BCUT2D eigenvalue weighted by Crippen LogP contribution is -2.40. The molecule has 0 aliphatic heterocycles. The molecule has 0 fully saturated rings. The Kier molecular flexibility index (Phi) is 7.28. The van der Waals surface area contributed by atoms with Gasteiger partial charge in [0.25, 0.3) is 0 Å². The van der Waals surface area contributed by atoms with Gasteiger partial charge in [0.1, 0.15) is 11.6 Å². The van der Waals surface area contributed by atoms with Gasteiger partial charge >= 0.3 is 0 Å². The Balaban J connectivity index is 2.64. The Morgan fingerprint density at radius 1 is 1.24 bits per heavy atom. The molecule has 0 amide bonds. The second-order valence-electron chi connectivity index (χ2n) is 6.59. The maximum Gasteiger partial charge on any atom is 0.143 e. The zero-order chi connectivity index (χ0) is 16.0. The Bertz CT molecular complexity index is 455. The van der Waals surface area contributed by atoms with Gasteiger partial charge in [0, 0.05) is 11.6 Å². The van der Waals surface area contributed by atoms with Crippen LogP contribution in [-0.2, 0) is 6.42 Å². The van der Waals surface area contributed by atoms with Crippen molar-refractivity contribution in [2.24, 2.45) is 5.41 Å². The normalized spacial score (nSPS) is 13.5. The molecule has 1 nitrogen and oxygen atoms in total. The van der Waals surface area contributed by atoms with Gasteiger partial charge in [-0.1, -0.05) is 27.7 Å². The van der Waals surface area contributed by atoms with Gasteiger partial charge in [-0.3, -0.25) is 0 Å². The summed E-state index contributed by atoms with van der Waals surface area (Å²) >= 11 is 3.11. The summed E-state index contributed by atoms with van der Waals surface area (Å²) in [6.07, 6.45) is 3.19. The van der Waals surface area contributed by atoms with Crippen LogP contribution in [0.3, 0.4) is 0 Å². The van der Waals surface area contributed by atoms with E-state index in [2.05, 4.69) is 48.9 Å². The first-order valence-corrected chi connectivity index (χ1v) is 8.42. The highest BCUT2D eigenvalue weighted by Gasteiger charge is 2.23. The average molecular weight is 362 g/mol. The summed E-state index contributed by atoms with van der Waals surface area (Å²) in [4.78, 5) is 0. The van der Waals surface area contributed by atoms with Crippen molar-refractivity contribution in [3.8, 4) is 0 Å². The van der Waals surface area contributed by atoms with E-state index in [-0.39, 0.29) is 11.0 Å². The molecule has 0 bridgehead atoms. The van der Waals surface area contributed by atoms with Crippen molar-refractivity contribution < 1.29 is 8.78 Å². The van der Waals surface area contributed by atoms with Crippen LogP contribution in [0.4, 0.5) is 8.78 Å². The molecule has 1 atom stereocenters. The number of rotatable bonds is 7. The summed E-state index contributed by atoms with van der Waals surface area (Å²) in [6, 6.07) is 3.09. The van der Waals surface area contributed by atoms with E-state index >= 15 is 0 Å². The number of halogens is 3. The van der Waals surface area contributed by atoms with Crippen molar-refractivity contribution in [3.05, 3.63) is 33.8 Å². The maximum absolute atomic E-state index is 13.9. The summed E-state index contributed by atoms with van der Waals surface area (Å²) < 4.78 is 28.0. The Hall–Kier alpha value is -0.480. The summed E-state index contributed by atoms with van der Waals surface area (Å²) in [5.41, 5.74) is 0.330. The predicted octanol–water partition coefficient (Wildman–Crippen LogP) is 5.46. The van der Waals surface area contributed by atoms with Gasteiger partial charge in [0.2, 0.25) is 0 Å². The first kappa shape index (κ1) is 18.6. The zero-order valence-electron chi connectivity index (χ0n) is 13.4. The van der Waals surface area contributed by atoms with E-state index in [1.807, 2.05) is 0 Å². The van der Waals surface area contributed by atoms with Crippen LogP contribution < -0.4 is 5.32 Å². The summed E-state index contributed by atoms with van der Waals surface area (Å²) in [5, 5.41) is 3.54. The standard InChI is InChI=1S/C17H26BrF2N/c1-5-11-21-15(17(2,3)4)8-6-7-12-14(19)10-9-13(18)16(12)20/h9-10,15,21H,5-8,11H2,1-4H3. The molecule has 120 valence electrons. The monoisotopic (exact) mass is 361 g/mol. The van der Waals surface area contributed by atoms with Crippen molar-refractivity contribution >= 4 is 15.9 Å². The van der Waals surface area contributed by atoms with Crippen LogP contribution in [0.15, 0.2) is 16.6 Å². The van der Waals surface area contributed by atoms with Crippen LogP contribution in [0.25, 0.3) is 0 Å². The van der Waals surface area contributed by atoms with Crippen molar-refractivity contribution in [2.45, 2.75) is 59.4 Å². The smallest absolute Gasteiger partial charge is 0.143 e. The Morgan fingerprint density at radius 2 is 1.90 bits per heavy atom. The number of hydrogen-bond acceptors (Lipinski definition) is 1. The Morgan fingerprint density at radius 3 is 2.48 bits per heavy atom. The SMILES string of the molecule is CCCNC(CCCc1c(F)ccc(Br)c1F)C(C)(C)C. The van der Waals surface area contributed by atoms with Gasteiger partial charge in [-0.05, 0) is 65.7 Å². The van der Waals surface area contributed by atoms with Gasteiger partial charge in [-0.15, -0.1) is 0 Å². The third-order valence-corrected chi connectivity index (χ3v) is 4.36. The van der Waals surface area contributed by atoms with E-state index in [1.165, 1.54) is 12.1 Å².